The maximum atomic E-state index is 12.6. The van der Waals surface area contributed by atoms with Crippen LogP contribution in [-0.4, -0.2) is 34.0 Å². The van der Waals surface area contributed by atoms with Gasteiger partial charge in [0.25, 0.3) is 5.91 Å². The Morgan fingerprint density at radius 3 is 2.58 bits per heavy atom. The van der Waals surface area contributed by atoms with Crippen molar-refractivity contribution in [1.29, 1.82) is 0 Å². The van der Waals surface area contributed by atoms with E-state index in [9.17, 15) is 14.7 Å². The Kier molecular flexibility index (Phi) is 3.60. The summed E-state index contributed by atoms with van der Waals surface area (Å²) in [6, 6.07) is 7.31. The summed E-state index contributed by atoms with van der Waals surface area (Å²) < 4.78 is 0. The van der Waals surface area contributed by atoms with Crippen molar-refractivity contribution in [2.75, 3.05) is 6.54 Å². The van der Waals surface area contributed by atoms with Crippen LogP contribution in [0.2, 0.25) is 0 Å². The predicted octanol–water partition coefficient (Wildman–Crippen LogP) is 2.46. The van der Waals surface area contributed by atoms with Crippen LogP contribution < -0.4 is 0 Å². The molecule has 0 spiro atoms. The Morgan fingerprint density at radius 2 is 1.95 bits per heavy atom. The number of aryl methyl sites for hydroxylation is 1. The van der Waals surface area contributed by atoms with E-state index in [1.807, 2.05) is 25.1 Å². The van der Waals surface area contributed by atoms with Gasteiger partial charge >= 0.3 is 5.97 Å². The summed E-state index contributed by atoms with van der Waals surface area (Å²) in [4.78, 5) is 25.6. The number of hydrogen-bond donors (Lipinski definition) is 1. The minimum Gasteiger partial charge on any atom is -0.480 e. The molecule has 0 radical (unpaired) electrons. The number of carbonyl (C=O) groups is 2. The maximum Gasteiger partial charge on any atom is 0.329 e. The average molecular weight is 261 g/mol. The summed E-state index contributed by atoms with van der Waals surface area (Å²) >= 11 is 0. The van der Waals surface area contributed by atoms with Crippen LogP contribution >= 0.6 is 0 Å². The van der Waals surface area contributed by atoms with E-state index in [4.69, 9.17) is 0 Å². The van der Waals surface area contributed by atoms with Gasteiger partial charge in [-0.15, -0.1) is 0 Å². The third kappa shape index (κ3) is 2.35. The molecule has 0 saturated carbocycles. The van der Waals surface area contributed by atoms with Crippen molar-refractivity contribution in [2.24, 2.45) is 0 Å². The molecule has 4 heteroatoms. The fourth-order valence-corrected chi connectivity index (χ4v) is 2.63. The van der Waals surface area contributed by atoms with E-state index in [2.05, 4.69) is 0 Å². The van der Waals surface area contributed by atoms with Crippen molar-refractivity contribution in [3.8, 4) is 0 Å². The van der Waals surface area contributed by atoms with Gasteiger partial charge in [0.1, 0.15) is 5.54 Å². The van der Waals surface area contributed by atoms with Crippen molar-refractivity contribution in [3.05, 3.63) is 35.4 Å². The largest absolute Gasteiger partial charge is 0.480 e. The fourth-order valence-electron chi connectivity index (χ4n) is 2.63. The van der Waals surface area contributed by atoms with Crippen LogP contribution in [0.25, 0.3) is 0 Å². The minimum atomic E-state index is -1.09. The van der Waals surface area contributed by atoms with E-state index in [-0.39, 0.29) is 5.91 Å². The van der Waals surface area contributed by atoms with Gasteiger partial charge in [0.05, 0.1) is 0 Å². The third-order valence-electron chi connectivity index (χ3n) is 3.97. The van der Waals surface area contributed by atoms with Crippen LogP contribution in [-0.2, 0) is 4.79 Å². The Bertz CT molecular complexity index is 512. The molecular weight excluding hydrogens is 242 g/mol. The van der Waals surface area contributed by atoms with E-state index >= 15 is 0 Å². The van der Waals surface area contributed by atoms with Gasteiger partial charge < -0.3 is 10.0 Å². The van der Waals surface area contributed by atoms with E-state index in [0.29, 0.717) is 18.5 Å². The standard InChI is InChI=1S/C15H19NO3/c1-11-7-3-4-8-12(11)13(17)16-10-6-5-9-15(16,2)14(18)19/h3-4,7-8H,5-6,9-10H2,1-2H3,(H,18,19). The first-order valence-electron chi connectivity index (χ1n) is 6.58. The number of hydrogen-bond acceptors (Lipinski definition) is 2. The molecule has 2 rings (SSSR count). The first-order chi connectivity index (χ1) is 8.97. The highest BCUT2D eigenvalue weighted by Crippen LogP contribution is 2.30. The van der Waals surface area contributed by atoms with Gasteiger partial charge in [-0.3, -0.25) is 4.79 Å². The molecule has 1 fully saturated rings. The van der Waals surface area contributed by atoms with E-state index in [1.54, 1.807) is 13.0 Å². The molecule has 102 valence electrons. The van der Waals surface area contributed by atoms with E-state index < -0.39 is 11.5 Å². The molecule has 1 aromatic rings. The lowest BCUT2D eigenvalue weighted by Gasteiger charge is -2.41. The normalized spacial score (nSPS) is 23.2. The number of piperidine rings is 1. The summed E-state index contributed by atoms with van der Waals surface area (Å²) in [5.74, 6) is -1.10. The first-order valence-corrected chi connectivity index (χ1v) is 6.58. The zero-order valence-electron chi connectivity index (χ0n) is 11.3. The van der Waals surface area contributed by atoms with Crippen molar-refractivity contribution < 1.29 is 14.7 Å². The molecule has 1 unspecified atom stereocenters. The van der Waals surface area contributed by atoms with Crippen LogP contribution in [0.1, 0.15) is 42.1 Å². The number of carboxylic acids is 1. The molecule has 0 aliphatic carbocycles. The smallest absolute Gasteiger partial charge is 0.329 e. The molecule has 1 aliphatic rings. The molecular formula is C15H19NO3. The fraction of sp³-hybridized carbons (Fsp3) is 0.467. The van der Waals surface area contributed by atoms with E-state index in [1.165, 1.54) is 4.90 Å². The summed E-state index contributed by atoms with van der Waals surface area (Å²) in [5, 5.41) is 9.44. The lowest BCUT2D eigenvalue weighted by Crippen LogP contribution is -2.57. The number of aliphatic carboxylic acids is 1. The third-order valence-corrected chi connectivity index (χ3v) is 3.97. The van der Waals surface area contributed by atoms with Gasteiger partial charge in [-0.1, -0.05) is 18.2 Å². The molecule has 1 atom stereocenters. The summed E-state index contributed by atoms with van der Waals surface area (Å²) in [5.41, 5.74) is 0.389. The Balaban J connectivity index is 2.36. The van der Waals surface area contributed by atoms with Crippen molar-refractivity contribution in [3.63, 3.8) is 0 Å². The number of rotatable bonds is 2. The highest BCUT2D eigenvalue weighted by atomic mass is 16.4. The molecule has 0 aromatic heterocycles. The molecule has 1 heterocycles. The van der Waals surface area contributed by atoms with Crippen molar-refractivity contribution in [1.82, 2.24) is 4.90 Å². The second-order valence-corrected chi connectivity index (χ2v) is 5.31. The lowest BCUT2D eigenvalue weighted by atomic mass is 9.87. The Morgan fingerprint density at radius 1 is 1.26 bits per heavy atom. The molecule has 1 saturated heterocycles. The van der Waals surface area contributed by atoms with Crippen molar-refractivity contribution in [2.45, 2.75) is 38.6 Å². The van der Waals surface area contributed by atoms with Crippen LogP contribution in [0.4, 0.5) is 0 Å². The number of carbonyl (C=O) groups excluding carboxylic acids is 1. The van der Waals surface area contributed by atoms with Gasteiger partial charge in [0.2, 0.25) is 0 Å². The lowest BCUT2D eigenvalue weighted by molar-refractivity contribution is -0.150. The zero-order chi connectivity index (χ0) is 14.0. The Hall–Kier alpha value is -1.84. The monoisotopic (exact) mass is 261 g/mol. The maximum absolute atomic E-state index is 12.6. The second-order valence-electron chi connectivity index (χ2n) is 5.31. The molecule has 4 nitrogen and oxygen atoms in total. The molecule has 1 aromatic carbocycles. The van der Waals surface area contributed by atoms with Gasteiger partial charge in [0.15, 0.2) is 0 Å². The van der Waals surface area contributed by atoms with Crippen LogP contribution in [0.5, 0.6) is 0 Å². The zero-order valence-corrected chi connectivity index (χ0v) is 11.3. The quantitative estimate of drug-likeness (QED) is 0.889. The van der Waals surface area contributed by atoms with Crippen LogP contribution in [0.15, 0.2) is 24.3 Å². The highest BCUT2D eigenvalue weighted by molar-refractivity contribution is 5.99. The highest BCUT2D eigenvalue weighted by Gasteiger charge is 2.44. The number of likely N-dealkylation sites (tertiary alicyclic amines) is 1. The SMILES string of the molecule is Cc1ccccc1C(=O)N1CCCCC1(C)C(=O)O. The van der Waals surface area contributed by atoms with Gasteiger partial charge in [-0.25, -0.2) is 4.79 Å². The van der Waals surface area contributed by atoms with Gasteiger partial charge in [-0.05, 0) is 44.7 Å². The van der Waals surface area contributed by atoms with E-state index in [0.717, 1.165) is 18.4 Å². The van der Waals surface area contributed by atoms with Crippen LogP contribution in [0, 0.1) is 6.92 Å². The van der Waals surface area contributed by atoms with Crippen molar-refractivity contribution >= 4 is 11.9 Å². The second kappa shape index (κ2) is 5.03. The molecule has 1 aliphatic heterocycles. The molecule has 19 heavy (non-hydrogen) atoms. The molecule has 0 bridgehead atoms. The number of benzene rings is 1. The minimum absolute atomic E-state index is 0.178. The molecule has 1 amide bonds. The first kappa shape index (κ1) is 13.6. The summed E-state index contributed by atoms with van der Waals surface area (Å²) in [7, 11) is 0. The average Bonchev–Trinajstić information content (AvgIpc) is 2.39. The number of amides is 1. The Labute approximate surface area is 113 Å². The van der Waals surface area contributed by atoms with Crippen LogP contribution in [0.3, 0.4) is 0 Å². The number of carboxylic acid groups (broad SMARTS) is 1. The van der Waals surface area contributed by atoms with Gasteiger partial charge in [0, 0.05) is 12.1 Å². The topological polar surface area (TPSA) is 57.6 Å². The predicted molar refractivity (Wildman–Crippen MR) is 72.1 cm³/mol. The summed E-state index contributed by atoms with van der Waals surface area (Å²) in [6.07, 6.45) is 2.22. The number of nitrogens with zero attached hydrogens (tertiary/aromatic N) is 1. The van der Waals surface area contributed by atoms with Gasteiger partial charge in [-0.2, -0.15) is 0 Å². The summed E-state index contributed by atoms with van der Waals surface area (Å²) in [6.45, 7) is 4.02. The molecule has 1 N–H and O–H groups in total.